The van der Waals surface area contributed by atoms with E-state index in [-0.39, 0.29) is 6.10 Å². The van der Waals surface area contributed by atoms with Gasteiger partial charge in [-0.25, -0.2) is 0 Å². The SMILES string of the molecule is CCC(O)CCN1CCC(C)CC1. The largest absolute Gasteiger partial charge is 0.393 e. The van der Waals surface area contributed by atoms with Gasteiger partial charge >= 0.3 is 0 Å². The van der Waals surface area contributed by atoms with E-state index in [9.17, 15) is 5.11 Å². The van der Waals surface area contributed by atoms with Gasteiger partial charge < -0.3 is 10.0 Å². The Morgan fingerprint density at radius 3 is 2.54 bits per heavy atom. The van der Waals surface area contributed by atoms with Crippen LogP contribution in [0.15, 0.2) is 0 Å². The summed E-state index contributed by atoms with van der Waals surface area (Å²) in [7, 11) is 0. The molecule has 0 aliphatic carbocycles. The highest BCUT2D eigenvalue weighted by Gasteiger charge is 2.15. The van der Waals surface area contributed by atoms with Crippen molar-refractivity contribution in [2.75, 3.05) is 19.6 Å². The van der Waals surface area contributed by atoms with Gasteiger partial charge in [0.25, 0.3) is 0 Å². The van der Waals surface area contributed by atoms with Gasteiger partial charge in [-0.3, -0.25) is 0 Å². The van der Waals surface area contributed by atoms with Gasteiger partial charge in [0, 0.05) is 6.54 Å². The van der Waals surface area contributed by atoms with Crippen molar-refractivity contribution in [2.45, 2.75) is 45.6 Å². The number of rotatable bonds is 4. The molecular weight excluding hydrogens is 162 g/mol. The predicted molar refractivity (Wildman–Crippen MR) is 55.8 cm³/mol. The fourth-order valence-electron chi connectivity index (χ4n) is 1.82. The molecule has 1 aliphatic heterocycles. The van der Waals surface area contributed by atoms with Crippen LogP contribution in [-0.4, -0.2) is 35.7 Å². The van der Waals surface area contributed by atoms with E-state index in [4.69, 9.17) is 0 Å². The highest BCUT2D eigenvalue weighted by molar-refractivity contribution is 4.70. The predicted octanol–water partition coefficient (Wildman–Crippen LogP) is 1.88. The summed E-state index contributed by atoms with van der Waals surface area (Å²) in [6, 6.07) is 0. The van der Waals surface area contributed by atoms with Crippen molar-refractivity contribution in [1.82, 2.24) is 4.90 Å². The van der Waals surface area contributed by atoms with Gasteiger partial charge in [-0.2, -0.15) is 0 Å². The Kier molecular flexibility index (Phi) is 4.74. The average molecular weight is 185 g/mol. The Hall–Kier alpha value is -0.0800. The summed E-state index contributed by atoms with van der Waals surface area (Å²) >= 11 is 0. The lowest BCUT2D eigenvalue weighted by atomic mass is 9.99. The van der Waals surface area contributed by atoms with Crippen molar-refractivity contribution in [3.05, 3.63) is 0 Å². The molecule has 1 unspecified atom stereocenters. The molecule has 0 aromatic rings. The maximum Gasteiger partial charge on any atom is 0.0549 e. The second-order valence-corrected chi connectivity index (χ2v) is 4.37. The van der Waals surface area contributed by atoms with E-state index in [0.29, 0.717) is 0 Å². The van der Waals surface area contributed by atoms with Crippen molar-refractivity contribution in [3.63, 3.8) is 0 Å². The fraction of sp³-hybridized carbons (Fsp3) is 1.00. The summed E-state index contributed by atoms with van der Waals surface area (Å²) in [4.78, 5) is 2.48. The number of aliphatic hydroxyl groups excluding tert-OH is 1. The van der Waals surface area contributed by atoms with Crippen LogP contribution >= 0.6 is 0 Å². The zero-order valence-electron chi connectivity index (χ0n) is 9.00. The molecule has 0 radical (unpaired) electrons. The Morgan fingerprint density at radius 1 is 1.38 bits per heavy atom. The lowest BCUT2D eigenvalue weighted by molar-refractivity contribution is 0.122. The third kappa shape index (κ3) is 4.10. The lowest BCUT2D eigenvalue weighted by Gasteiger charge is -2.30. The zero-order valence-corrected chi connectivity index (χ0v) is 9.00. The molecule has 0 saturated carbocycles. The third-order valence-electron chi connectivity index (χ3n) is 3.13. The molecule has 2 heteroatoms. The van der Waals surface area contributed by atoms with E-state index in [0.717, 1.165) is 25.3 Å². The Balaban J connectivity index is 2.08. The van der Waals surface area contributed by atoms with Gasteiger partial charge in [0.15, 0.2) is 0 Å². The normalized spacial score (nSPS) is 23.3. The summed E-state index contributed by atoms with van der Waals surface area (Å²) in [6.45, 7) is 7.93. The minimum atomic E-state index is -0.0839. The first kappa shape index (κ1) is 11.0. The van der Waals surface area contributed by atoms with Gasteiger partial charge in [-0.05, 0) is 44.7 Å². The van der Waals surface area contributed by atoms with E-state index >= 15 is 0 Å². The van der Waals surface area contributed by atoms with Crippen molar-refractivity contribution in [3.8, 4) is 0 Å². The number of likely N-dealkylation sites (tertiary alicyclic amines) is 1. The smallest absolute Gasteiger partial charge is 0.0549 e. The average Bonchev–Trinajstić information content (AvgIpc) is 2.16. The molecule has 0 amide bonds. The van der Waals surface area contributed by atoms with Crippen LogP contribution in [0.25, 0.3) is 0 Å². The molecule has 1 fully saturated rings. The van der Waals surface area contributed by atoms with Gasteiger partial charge in [0.05, 0.1) is 6.10 Å². The summed E-state index contributed by atoms with van der Waals surface area (Å²) in [5.74, 6) is 0.910. The van der Waals surface area contributed by atoms with Crippen molar-refractivity contribution >= 4 is 0 Å². The number of piperidine rings is 1. The molecule has 1 N–H and O–H groups in total. The molecular formula is C11H23NO. The first-order valence-electron chi connectivity index (χ1n) is 5.62. The fourth-order valence-corrected chi connectivity index (χ4v) is 1.82. The maximum absolute atomic E-state index is 9.41. The molecule has 0 aromatic carbocycles. The summed E-state index contributed by atoms with van der Waals surface area (Å²) in [6.07, 6.45) is 4.43. The number of nitrogens with zero attached hydrogens (tertiary/aromatic N) is 1. The van der Waals surface area contributed by atoms with Crippen molar-refractivity contribution < 1.29 is 5.11 Å². The van der Waals surface area contributed by atoms with Gasteiger partial charge in [-0.1, -0.05) is 13.8 Å². The van der Waals surface area contributed by atoms with E-state index in [1.807, 2.05) is 6.92 Å². The third-order valence-corrected chi connectivity index (χ3v) is 3.13. The van der Waals surface area contributed by atoms with E-state index in [2.05, 4.69) is 11.8 Å². The monoisotopic (exact) mass is 185 g/mol. The summed E-state index contributed by atoms with van der Waals surface area (Å²) < 4.78 is 0. The zero-order chi connectivity index (χ0) is 9.68. The molecule has 2 nitrogen and oxygen atoms in total. The van der Waals surface area contributed by atoms with E-state index in [1.54, 1.807) is 0 Å². The minimum absolute atomic E-state index is 0.0839. The molecule has 1 saturated heterocycles. The molecule has 0 aromatic heterocycles. The van der Waals surface area contributed by atoms with Gasteiger partial charge in [-0.15, -0.1) is 0 Å². The minimum Gasteiger partial charge on any atom is -0.393 e. The second kappa shape index (κ2) is 5.61. The van der Waals surface area contributed by atoms with Gasteiger partial charge in [0.1, 0.15) is 0 Å². The number of hydrogen-bond acceptors (Lipinski definition) is 2. The van der Waals surface area contributed by atoms with Crippen LogP contribution in [-0.2, 0) is 0 Å². The maximum atomic E-state index is 9.41. The molecule has 0 bridgehead atoms. The first-order chi connectivity index (χ1) is 6.22. The molecule has 78 valence electrons. The molecule has 13 heavy (non-hydrogen) atoms. The summed E-state index contributed by atoms with van der Waals surface area (Å²) in [5, 5.41) is 9.41. The highest BCUT2D eigenvalue weighted by Crippen LogP contribution is 2.16. The highest BCUT2D eigenvalue weighted by atomic mass is 16.3. The molecule has 1 atom stereocenters. The van der Waals surface area contributed by atoms with E-state index < -0.39 is 0 Å². The van der Waals surface area contributed by atoms with Crippen LogP contribution < -0.4 is 0 Å². The number of hydrogen-bond donors (Lipinski definition) is 1. The topological polar surface area (TPSA) is 23.5 Å². The molecule has 1 heterocycles. The van der Waals surface area contributed by atoms with Crippen LogP contribution in [0.3, 0.4) is 0 Å². The van der Waals surface area contributed by atoms with Crippen LogP contribution in [0, 0.1) is 5.92 Å². The van der Waals surface area contributed by atoms with Crippen LogP contribution in [0.1, 0.15) is 39.5 Å². The second-order valence-electron chi connectivity index (χ2n) is 4.37. The summed E-state index contributed by atoms with van der Waals surface area (Å²) in [5.41, 5.74) is 0. The molecule has 0 spiro atoms. The van der Waals surface area contributed by atoms with Crippen molar-refractivity contribution in [2.24, 2.45) is 5.92 Å². The van der Waals surface area contributed by atoms with Crippen LogP contribution in [0.2, 0.25) is 0 Å². The Labute approximate surface area is 81.9 Å². The van der Waals surface area contributed by atoms with Crippen molar-refractivity contribution in [1.29, 1.82) is 0 Å². The quantitative estimate of drug-likeness (QED) is 0.723. The van der Waals surface area contributed by atoms with Crippen LogP contribution in [0.4, 0.5) is 0 Å². The Morgan fingerprint density at radius 2 is 2.00 bits per heavy atom. The number of aliphatic hydroxyl groups is 1. The lowest BCUT2D eigenvalue weighted by Crippen LogP contribution is -2.34. The van der Waals surface area contributed by atoms with Gasteiger partial charge in [0.2, 0.25) is 0 Å². The van der Waals surface area contributed by atoms with Crippen LogP contribution in [0.5, 0.6) is 0 Å². The molecule has 1 aliphatic rings. The molecule has 1 rings (SSSR count). The first-order valence-corrected chi connectivity index (χ1v) is 5.62. The standard InChI is InChI=1S/C11H23NO/c1-3-11(13)6-9-12-7-4-10(2)5-8-12/h10-11,13H,3-9H2,1-2H3. The Bertz CT molecular complexity index is 130. The van der Waals surface area contributed by atoms with E-state index in [1.165, 1.54) is 25.9 Å².